The molecule has 1 saturated carbocycles. The zero-order valence-electron chi connectivity index (χ0n) is 17.8. The first kappa shape index (κ1) is 22.9. The Hall–Kier alpha value is -3.31. The normalized spacial score (nSPS) is 17.9. The molecule has 168 valence electrons. The van der Waals surface area contributed by atoms with Crippen molar-refractivity contribution in [3.8, 4) is 24.2 Å². The van der Waals surface area contributed by atoms with Crippen LogP contribution >= 0.6 is 0 Å². The number of hydrogen-bond acceptors (Lipinski definition) is 0. The number of aryl methyl sites for hydroxylation is 1. The Morgan fingerprint density at radius 2 is 1.48 bits per heavy atom. The lowest BCUT2D eigenvalue weighted by molar-refractivity contribution is 0.301. The van der Waals surface area contributed by atoms with Crippen molar-refractivity contribution in [1.29, 1.82) is 0 Å². The fourth-order valence-corrected chi connectivity index (χ4v) is 4.40. The maximum Gasteiger partial charge on any atom is 0.195 e. The highest BCUT2D eigenvalue weighted by atomic mass is 19.2. The predicted molar refractivity (Wildman–Crippen MR) is 119 cm³/mol. The molecule has 0 aliphatic heterocycles. The van der Waals surface area contributed by atoms with Crippen LogP contribution in [0.15, 0.2) is 36.4 Å². The van der Waals surface area contributed by atoms with Crippen LogP contribution in [0.25, 0.3) is 10.8 Å². The third-order valence-corrected chi connectivity index (χ3v) is 6.33. The van der Waals surface area contributed by atoms with E-state index in [4.69, 9.17) is 6.42 Å². The first-order valence-corrected chi connectivity index (χ1v) is 10.9. The molecule has 0 heterocycles. The van der Waals surface area contributed by atoms with E-state index in [1.165, 1.54) is 30.3 Å². The first-order chi connectivity index (χ1) is 15.9. The van der Waals surface area contributed by atoms with Crippen molar-refractivity contribution in [3.63, 3.8) is 0 Å². The number of halogens is 5. The summed E-state index contributed by atoms with van der Waals surface area (Å²) >= 11 is 0. The highest BCUT2D eigenvalue weighted by molar-refractivity contribution is 5.84. The number of rotatable bonds is 3. The molecule has 0 unspecified atom stereocenters. The smallest absolute Gasteiger partial charge is 0.195 e. The predicted octanol–water partition coefficient (Wildman–Crippen LogP) is 7.31. The molecule has 0 spiro atoms. The van der Waals surface area contributed by atoms with E-state index in [9.17, 15) is 22.0 Å². The zero-order valence-corrected chi connectivity index (χ0v) is 17.8. The minimum Gasteiger partial charge on any atom is -0.206 e. The molecule has 1 aliphatic carbocycles. The molecule has 0 N–H and O–H groups in total. The second-order valence-electron chi connectivity index (χ2n) is 8.53. The molecular weight excluding hydrogens is 431 g/mol. The molecule has 0 amide bonds. The average molecular weight is 452 g/mol. The van der Waals surface area contributed by atoms with Gasteiger partial charge >= 0.3 is 0 Å². The number of fused-ring (bicyclic) bond motifs is 1. The van der Waals surface area contributed by atoms with Gasteiger partial charge in [-0.1, -0.05) is 17.9 Å². The number of terminal acetylenes is 1. The lowest BCUT2D eigenvalue weighted by Crippen LogP contribution is -2.14. The van der Waals surface area contributed by atoms with E-state index in [2.05, 4.69) is 17.8 Å². The largest absolute Gasteiger partial charge is 0.206 e. The van der Waals surface area contributed by atoms with E-state index in [1.807, 2.05) is 0 Å². The third kappa shape index (κ3) is 5.04. The molecule has 1 fully saturated rings. The maximum atomic E-state index is 14.6. The average Bonchev–Trinajstić information content (AvgIpc) is 2.81. The summed E-state index contributed by atoms with van der Waals surface area (Å²) in [6.45, 7) is 0. The minimum absolute atomic E-state index is 0.103. The summed E-state index contributed by atoms with van der Waals surface area (Å²) in [6, 6.07) is 7.43. The van der Waals surface area contributed by atoms with Gasteiger partial charge in [-0.3, -0.25) is 0 Å². The topological polar surface area (TPSA) is 0 Å². The Labute approximate surface area is 189 Å². The van der Waals surface area contributed by atoms with Gasteiger partial charge in [-0.25, -0.2) is 22.0 Å². The SMILES string of the molecule is C#CC1CCC(CCc2cc(F)c(C#Cc3ccc4c(F)c(F)c(F)cc4c3)c(F)c2)CC1. The molecule has 4 rings (SSSR count). The Balaban J connectivity index is 1.50. The van der Waals surface area contributed by atoms with Crippen molar-refractivity contribution in [1.82, 2.24) is 0 Å². The molecule has 0 bridgehead atoms. The van der Waals surface area contributed by atoms with Gasteiger partial charge in [0.25, 0.3) is 0 Å². The van der Waals surface area contributed by atoms with Gasteiger partial charge in [0.05, 0.1) is 5.56 Å². The van der Waals surface area contributed by atoms with E-state index in [0.717, 1.165) is 38.2 Å². The molecule has 33 heavy (non-hydrogen) atoms. The van der Waals surface area contributed by atoms with Gasteiger partial charge in [0.2, 0.25) is 0 Å². The Morgan fingerprint density at radius 3 is 2.15 bits per heavy atom. The van der Waals surface area contributed by atoms with Crippen LogP contribution in [-0.4, -0.2) is 0 Å². The summed E-state index contributed by atoms with van der Waals surface area (Å²) in [5.74, 6) is 3.06. The Kier molecular flexibility index (Phi) is 6.70. The van der Waals surface area contributed by atoms with E-state index in [1.54, 1.807) is 0 Å². The molecule has 3 aromatic rings. The third-order valence-electron chi connectivity index (χ3n) is 6.33. The fourth-order valence-electron chi connectivity index (χ4n) is 4.40. The number of benzene rings is 3. The van der Waals surface area contributed by atoms with Crippen LogP contribution < -0.4 is 0 Å². The van der Waals surface area contributed by atoms with E-state index < -0.39 is 29.1 Å². The van der Waals surface area contributed by atoms with Gasteiger partial charge in [-0.2, -0.15) is 0 Å². The highest BCUT2D eigenvalue weighted by Gasteiger charge is 2.20. The summed E-state index contributed by atoms with van der Waals surface area (Å²) in [5.41, 5.74) is 0.497. The van der Waals surface area contributed by atoms with Gasteiger partial charge in [0.1, 0.15) is 11.6 Å². The monoisotopic (exact) mass is 452 g/mol. The molecule has 0 radical (unpaired) electrons. The zero-order chi connectivity index (χ0) is 23.5. The van der Waals surface area contributed by atoms with Crippen LogP contribution in [0.4, 0.5) is 22.0 Å². The Bertz CT molecular complexity index is 1270. The second kappa shape index (κ2) is 9.67. The van der Waals surface area contributed by atoms with Crippen molar-refractivity contribution >= 4 is 10.8 Å². The molecule has 1 aliphatic rings. The summed E-state index contributed by atoms with van der Waals surface area (Å²) in [5, 5.41) is -0.000268. The minimum atomic E-state index is -1.55. The summed E-state index contributed by atoms with van der Waals surface area (Å²) in [7, 11) is 0. The van der Waals surface area contributed by atoms with Crippen molar-refractivity contribution in [2.75, 3.05) is 0 Å². The van der Waals surface area contributed by atoms with Gasteiger partial charge in [-0.15, -0.1) is 12.3 Å². The van der Waals surface area contributed by atoms with Gasteiger partial charge in [0, 0.05) is 16.9 Å². The molecule has 3 aromatic carbocycles. The lowest BCUT2D eigenvalue weighted by Gasteiger charge is -2.25. The van der Waals surface area contributed by atoms with Crippen LogP contribution in [0.1, 0.15) is 48.8 Å². The summed E-state index contributed by atoms with van der Waals surface area (Å²) < 4.78 is 69.9. The number of hydrogen-bond donors (Lipinski definition) is 0. The van der Waals surface area contributed by atoms with Crippen LogP contribution in [-0.2, 0) is 6.42 Å². The Morgan fingerprint density at radius 1 is 0.788 bits per heavy atom. The molecule has 0 saturated heterocycles. The maximum absolute atomic E-state index is 14.6. The quantitative estimate of drug-likeness (QED) is 0.222. The van der Waals surface area contributed by atoms with E-state index in [-0.39, 0.29) is 16.3 Å². The summed E-state index contributed by atoms with van der Waals surface area (Å²) in [6.07, 6.45) is 11.0. The van der Waals surface area contributed by atoms with Crippen molar-refractivity contribution < 1.29 is 22.0 Å². The van der Waals surface area contributed by atoms with Crippen molar-refractivity contribution in [2.45, 2.75) is 38.5 Å². The van der Waals surface area contributed by atoms with Gasteiger partial charge < -0.3 is 0 Å². The molecule has 5 heteroatoms. The lowest BCUT2D eigenvalue weighted by atomic mass is 9.80. The molecular formula is C28H21F5. The molecule has 0 nitrogen and oxygen atoms in total. The van der Waals surface area contributed by atoms with Gasteiger partial charge in [-0.05, 0) is 85.7 Å². The molecule has 0 atom stereocenters. The van der Waals surface area contributed by atoms with Crippen LogP contribution in [0.3, 0.4) is 0 Å². The van der Waals surface area contributed by atoms with E-state index >= 15 is 0 Å². The van der Waals surface area contributed by atoms with Crippen LogP contribution in [0, 0.1) is 65.1 Å². The fraction of sp³-hybridized carbons (Fsp3) is 0.286. The van der Waals surface area contributed by atoms with Crippen LogP contribution in [0.2, 0.25) is 0 Å². The molecule has 0 aromatic heterocycles. The van der Waals surface area contributed by atoms with E-state index in [0.29, 0.717) is 29.4 Å². The summed E-state index contributed by atoms with van der Waals surface area (Å²) in [4.78, 5) is 0. The highest BCUT2D eigenvalue weighted by Crippen LogP contribution is 2.31. The first-order valence-electron chi connectivity index (χ1n) is 10.9. The standard InChI is InChI=1S/C28H21F5/c1-2-17-3-5-18(6-4-17)7-8-20-14-24(29)23(25(30)15-20)12-10-19-9-11-22-21(13-19)16-26(31)28(33)27(22)32/h1,9,11,13-18H,3-8H2. The van der Waals surface area contributed by atoms with Crippen molar-refractivity contribution in [3.05, 3.63) is 82.2 Å². The second-order valence-corrected chi connectivity index (χ2v) is 8.53. The van der Waals surface area contributed by atoms with Gasteiger partial charge in [0.15, 0.2) is 17.5 Å². The van der Waals surface area contributed by atoms with Crippen LogP contribution in [0.5, 0.6) is 0 Å². The van der Waals surface area contributed by atoms with Crippen molar-refractivity contribution in [2.24, 2.45) is 11.8 Å².